The number of nitrogens with two attached hydrogens (primary N) is 1. The van der Waals surface area contributed by atoms with E-state index in [0.29, 0.717) is 11.9 Å². The van der Waals surface area contributed by atoms with E-state index >= 15 is 0 Å². The SMILES string of the molecule is CC(C)[C@@H](N)c1nc(N(C)C)n[nH]1. The van der Waals surface area contributed by atoms with E-state index in [4.69, 9.17) is 5.73 Å². The van der Waals surface area contributed by atoms with Gasteiger partial charge in [0, 0.05) is 14.1 Å². The fraction of sp³-hybridized carbons (Fsp3) is 0.750. The quantitative estimate of drug-likeness (QED) is 0.717. The van der Waals surface area contributed by atoms with Crippen LogP contribution in [0.25, 0.3) is 0 Å². The minimum Gasteiger partial charge on any atom is -0.346 e. The van der Waals surface area contributed by atoms with Crippen LogP contribution < -0.4 is 10.6 Å². The van der Waals surface area contributed by atoms with E-state index < -0.39 is 0 Å². The summed E-state index contributed by atoms with van der Waals surface area (Å²) in [5.74, 6) is 1.78. The molecule has 74 valence electrons. The highest BCUT2D eigenvalue weighted by Gasteiger charge is 2.15. The van der Waals surface area contributed by atoms with Crippen molar-refractivity contribution in [3.63, 3.8) is 0 Å². The van der Waals surface area contributed by atoms with Gasteiger partial charge in [0.05, 0.1) is 6.04 Å². The fourth-order valence-electron chi connectivity index (χ4n) is 0.930. The zero-order valence-electron chi connectivity index (χ0n) is 8.57. The van der Waals surface area contributed by atoms with Crippen LogP contribution in [-0.4, -0.2) is 29.3 Å². The summed E-state index contributed by atoms with van der Waals surface area (Å²) in [6, 6.07) is -0.0683. The second kappa shape index (κ2) is 3.74. The summed E-state index contributed by atoms with van der Waals surface area (Å²) in [4.78, 5) is 6.11. The molecule has 0 spiro atoms. The molecule has 5 nitrogen and oxygen atoms in total. The van der Waals surface area contributed by atoms with Crippen LogP contribution >= 0.6 is 0 Å². The van der Waals surface area contributed by atoms with Gasteiger partial charge < -0.3 is 10.6 Å². The van der Waals surface area contributed by atoms with Gasteiger partial charge in [0.2, 0.25) is 5.95 Å². The van der Waals surface area contributed by atoms with E-state index in [1.165, 1.54) is 0 Å². The molecule has 3 N–H and O–H groups in total. The molecule has 0 aromatic carbocycles. The van der Waals surface area contributed by atoms with Crippen LogP contribution in [0.3, 0.4) is 0 Å². The van der Waals surface area contributed by atoms with Gasteiger partial charge in [0.25, 0.3) is 0 Å². The van der Waals surface area contributed by atoms with Crippen LogP contribution in [0.5, 0.6) is 0 Å². The van der Waals surface area contributed by atoms with Gasteiger partial charge >= 0.3 is 0 Å². The van der Waals surface area contributed by atoms with E-state index in [1.54, 1.807) is 0 Å². The van der Waals surface area contributed by atoms with Crippen LogP contribution in [0.1, 0.15) is 25.7 Å². The Morgan fingerprint density at radius 1 is 1.38 bits per heavy atom. The van der Waals surface area contributed by atoms with Crippen LogP contribution in [0.2, 0.25) is 0 Å². The highest BCUT2D eigenvalue weighted by atomic mass is 15.3. The molecule has 0 saturated carbocycles. The van der Waals surface area contributed by atoms with Gasteiger partial charge in [-0.25, -0.2) is 0 Å². The predicted octanol–water partition coefficient (Wildman–Crippen LogP) is 0.526. The van der Waals surface area contributed by atoms with Crippen molar-refractivity contribution in [2.45, 2.75) is 19.9 Å². The lowest BCUT2D eigenvalue weighted by molar-refractivity contribution is 0.492. The number of rotatable bonds is 3. The maximum absolute atomic E-state index is 5.90. The molecule has 13 heavy (non-hydrogen) atoms. The monoisotopic (exact) mass is 183 g/mol. The highest BCUT2D eigenvalue weighted by molar-refractivity contribution is 5.25. The zero-order valence-corrected chi connectivity index (χ0v) is 8.57. The average Bonchev–Trinajstić information content (AvgIpc) is 2.50. The Morgan fingerprint density at radius 2 is 2.00 bits per heavy atom. The van der Waals surface area contributed by atoms with Gasteiger partial charge in [-0.3, -0.25) is 5.10 Å². The molecule has 1 aromatic heterocycles. The largest absolute Gasteiger partial charge is 0.346 e. The first kappa shape index (κ1) is 9.98. The van der Waals surface area contributed by atoms with Crippen molar-refractivity contribution >= 4 is 5.95 Å². The van der Waals surface area contributed by atoms with Gasteiger partial charge in [0.15, 0.2) is 0 Å². The Kier molecular flexibility index (Phi) is 2.87. The Balaban J connectivity index is 2.79. The van der Waals surface area contributed by atoms with Crippen molar-refractivity contribution in [3.8, 4) is 0 Å². The van der Waals surface area contributed by atoms with Crippen LogP contribution in [-0.2, 0) is 0 Å². The third kappa shape index (κ3) is 2.18. The molecule has 0 unspecified atom stereocenters. The Bertz CT molecular complexity index is 265. The number of hydrogen-bond acceptors (Lipinski definition) is 4. The number of H-pyrrole nitrogens is 1. The molecule has 1 rings (SSSR count). The van der Waals surface area contributed by atoms with Gasteiger partial charge in [-0.1, -0.05) is 13.8 Å². The summed E-state index contributed by atoms with van der Waals surface area (Å²) in [6.07, 6.45) is 0. The second-order valence-electron chi connectivity index (χ2n) is 3.68. The van der Waals surface area contributed by atoms with E-state index in [9.17, 15) is 0 Å². The lowest BCUT2D eigenvalue weighted by Gasteiger charge is -2.11. The van der Waals surface area contributed by atoms with Crippen molar-refractivity contribution in [2.75, 3.05) is 19.0 Å². The van der Waals surface area contributed by atoms with E-state index in [1.807, 2.05) is 19.0 Å². The number of aromatic amines is 1. The molecule has 0 saturated heterocycles. The minimum absolute atomic E-state index is 0.0683. The molecule has 0 aliphatic heterocycles. The fourth-order valence-corrected chi connectivity index (χ4v) is 0.930. The molecule has 0 aliphatic rings. The van der Waals surface area contributed by atoms with E-state index in [-0.39, 0.29) is 6.04 Å². The van der Waals surface area contributed by atoms with E-state index in [2.05, 4.69) is 29.0 Å². The summed E-state index contributed by atoms with van der Waals surface area (Å²) in [5.41, 5.74) is 5.90. The predicted molar refractivity (Wildman–Crippen MR) is 52.5 cm³/mol. The molecule has 0 amide bonds. The molecule has 1 aromatic rings. The first-order valence-corrected chi connectivity index (χ1v) is 4.37. The van der Waals surface area contributed by atoms with Crippen LogP contribution in [0.15, 0.2) is 0 Å². The Labute approximate surface area is 78.3 Å². The highest BCUT2D eigenvalue weighted by Crippen LogP contribution is 2.15. The number of aromatic nitrogens is 3. The third-order valence-corrected chi connectivity index (χ3v) is 1.92. The summed E-state index contributed by atoms with van der Waals surface area (Å²) < 4.78 is 0. The number of nitrogens with zero attached hydrogens (tertiary/aromatic N) is 3. The normalized spacial score (nSPS) is 13.4. The van der Waals surface area contributed by atoms with Crippen molar-refractivity contribution in [2.24, 2.45) is 11.7 Å². The van der Waals surface area contributed by atoms with E-state index in [0.717, 1.165) is 5.82 Å². The summed E-state index contributed by atoms with van der Waals surface area (Å²) in [7, 11) is 3.79. The number of anilines is 1. The van der Waals surface area contributed by atoms with Crippen molar-refractivity contribution in [1.29, 1.82) is 0 Å². The maximum atomic E-state index is 5.90. The molecule has 1 atom stereocenters. The second-order valence-corrected chi connectivity index (χ2v) is 3.68. The van der Waals surface area contributed by atoms with Gasteiger partial charge in [-0.05, 0) is 5.92 Å². The molecule has 0 radical (unpaired) electrons. The van der Waals surface area contributed by atoms with Gasteiger partial charge in [-0.15, -0.1) is 5.10 Å². The molecule has 0 bridgehead atoms. The van der Waals surface area contributed by atoms with Crippen LogP contribution in [0.4, 0.5) is 5.95 Å². The minimum atomic E-state index is -0.0683. The standard InChI is InChI=1S/C8H17N5/c1-5(2)6(9)7-10-8(12-11-7)13(3)4/h5-6H,9H2,1-4H3,(H,10,11,12)/t6-/m1/s1. The van der Waals surface area contributed by atoms with Gasteiger partial charge in [-0.2, -0.15) is 4.98 Å². The summed E-state index contributed by atoms with van der Waals surface area (Å²) in [6.45, 7) is 4.12. The lowest BCUT2D eigenvalue weighted by Crippen LogP contribution is -2.18. The van der Waals surface area contributed by atoms with Gasteiger partial charge in [0.1, 0.15) is 5.82 Å². The van der Waals surface area contributed by atoms with Crippen LogP contribution in [0, 0.1) is 5.92 Å². The molecule has 0 aliphatic carbocycles. The molecule has 5 heteroatoms. The maximum Gasteiger partial charge on any atom is 0.244 e. The first-order valence-electron chi connectivity index (χ1n) is 4.37. The average molecular weight is 183 g/mol. The molecule has 0 fully saturated rings. The lowest BCUT2D eigenvalue weighted by atomic mass is 10.1. The Hall–Kier alpha value is -1.10. The zero-order chi connectivity index (χ0) is 10.0. The Morgan fingerprint density at radius 3 is 2.38 bits per heavy atom. The van der Waals surface area contributed by atoms with Crippen molar-refractivity contribution in [3.05, 3.63) is 5.82 Å². The number of hydrogen-bond donors (Lipinski definition) is 2. The molecular formula is C8H17N5. The molecule has 1 heterocycles. The smallest absolute Gasteiger partial charge is 0.244 e. The third-order valence-electron chi connectivity index (χ3n) is 1.92. The molecular weight excluding hydrogens is 166 g/mol. The van der Waals surface area contributed by atoms with Crippen molar-refractivity contribution < 1.29 is 0 Å². The number of nitrogens with one attached hydrogen (secondary N) is 1. The topological polar surface area (TPSA) is 70.8 Å². The summed E-state index contributed by atoms with van der Waals surface area (Å²) >= 11 is 0. The van der Waals surface area contributed by atoms with Crippen molar-refractivity contribution in [1.82, 2.24) is 15.2 Å². The first-order chi connectivity index (χ1) is 6.02. The summed E-state index contributed by atoms with van der Waals surface area (Å²) in [5, 5.41) is 6.87.